The number of rotatable bonds is 4. The molecule has 0 saturated carbocycles. The fraction of sp³-hybridized carbons (Fsp3) is 0.750. The fourth-order valence-corrected chi connectivity index (χ4v) is 0.936. The molecule has 0 aliphatic rings. The number of aliphatic imine (C=N–C) groups is 1. The zero-order valence-electron chi connectivity index (χ0n) is 7.63. The maximum absolute atomic E-state index is 11.0. The smallest absolute Gasteiger partial charge is 0.273 e. The van der Waals surface area contributed by atoms with Gasteiger partial charge in [-0.2, -0.15) is 0 Å². The summed E-state index contributed by atoms with van der Waals surface area (Å²) in [5.74, 6) is -0.0468. The minimum absolute atomic E-state index is 0.355. The van der Waals surface area contributed by atoms with E-state index in [0.717, 1.165) is 0 Å². The van der Waals surface area contributed by atoms with Crippen LogP contribution in [0.3, 0.4) is 0 Å². The topological polar surface area (TPSA) is 58.5 Å². The number of amides is 1. The van der Waals surface area contributed by atoms with Crippen LogP contribution in [0.2, 0.25) is 0 Å². The molecule has 0 aromatic rings. The van der Waals surface area contributed by atoms with E-state index in [1.54, 1.807) is 7.05 Å². The Morgan fingerprint density at radius 3 is 2.50 bits per heavy atom. The first-order valence-electron chi connectivity index (χ1n) is 3.90. The first kappa shape index (κ1) is 11.0. The minimum atomic E-state index is -0.443. The standard InChI is InChI=1S/C8H14N2O2/c1-6(2)4-7(9-3)8(12)10-5-11/h6-7,9H,4H2,1-3H3. The van der Waals surface area contributed by atoms with E-state index in [2.05, 4.69) is 10.3 Å². The molecule has 4 heteroatoms. The summed E-state index contributed by atoms with van der Waals surface area (Å²) in [5, 5.41) is 2.80. The molecule has 1 unspecified atom stereocenters. The average molecular weight is 170 g/mol. The SMILES string of the molecule is CNC(CC(C)C)C(=O)N=C=O. The molecule has 0 saturated heterocycles. The van der Waals surface area contributed by atoms with Crippen LogP contribution in [-0.4, -0.2) is 25.1 Å². The van der Waals surface area contributed by atoms with Gasteiger partial charge in [-0.15, -0.1) is 4.99 Å². The molecule has 12 heavy (non-hydrogen) atoms. The highest BCUT2D eigenvalue weighted by atomic mass is 16.2. The van der Waals surface area contributed by atoms with E-state index in [1.807, 2.05) is 13.8 Å². The molecule has 1 amide bonds. The lowest BCUT2D eigenvalue weighted by atomic mass is 10.0. The second-order valence-electron chi connectivity index (χ2n) is 3.01. The van der Waals surface area contributed by atoms with Crippen LogP contribution in [0.15, 0.2) is 4.99 Å². The van der Waals surface area contributed by atoms with Gasteiger partial charge in [0.25, 0.3) is 5.91 Å². The maximum Gasteiger partial charge on any atom is 0.273 e. The molecule has 4 nitrogen and oxygen atoms in total. The summed E-state index contributed by atoms with van der Waals surface area (Å²) in [6.07, 6.45) is 1.92. The van der Waals surface area contributed by atoms with Crippen molar-refractivity contribution in [3.8, 4) is 0 Å². The second-order valence-corrected chi connectivity index (χ2v) is 3.01. The van der Waals surface area contributed by atoms with Gasteiger partial charge >= 0.3 is 0 Å². The zero-order valence-corrected chi connectivity index (χ0v) is 7.63. The monoisotopic (exact) mass is 170 g/mol. The molecule has 0 heterocycles. The number of carbonyl (C=O) groups is 1. The predicted molar refractivity (Wildman–Crippen MR) is 45.4 cm³/mol. The predicted octanol–water partition coefficient (Wildman–Crippen LogP) is 0.483. The third-order valence-electron chi connectivity index (χ3n) is 1.51. The van der Waals surface area contributed by atoms with E-state index in [4.69, 9.17) is 0 Å². The number of isocyanates is 1. The quantitative estimate of drug-likeness (QED) is 0.493. The Balaban J connectivity index is 4.14. The molecule has 0 aliphatic heterocycles. The van der Waals surface area contributed by atoms with Gasteiger partial charge in [0.1, 0.15) is 0 Å². The van der Waals surface area contributed by atoms with Gasteiger partial charge in [-0.3, -0.25) is 4.79 Å². The normalized spacial score (nSPS) is 12.3. The lowest BCUT2D eigenvalue weighted by molar-refractivity contribution is -0.120. The highest BCUT2D eigenvalue weighted by molar-refractivity contribution is 5.86. The van der Waals surface area contributed by atoms with Crippen LogP contribution in [0.4, 0.5) is 0 Å². The highest BCUT2D eigenvalue weighted by Crippen LogP contribution is 2.05. The summed E-state index contributed by atoms with van der Waals surface area (Å²) in [4.78, 5) is 23.8. The van der Waals surface area contributed by atoms with Gasteiger partial charge in [0, 0.05) is 0 Å². The molecule has 0 bridgehead atoms. The lowest BCUT2D eigenvalue weighted by Crippen LogP contribution is -2.34. The number of nitrogens with zero attached hydrogens (tertiary/aromatic N) is 1. The highest BCUT2D eigenvalue weighted by Gasteiger charge is 2.16. The summed E-state index contributed by atoms with van der Waals surface area (Å²) in [7, 11) is 1.67. The maximum atomic E-state index is 11.0. The molecular weight excluding hydrogens is 156 g/mol. The van der Waals surface area contributed by atoms with E-state index >= 15 is 0 Å². The second kappa shape index (κ2) is 5.63. The number of hydrogen-bond acceptors (Lipinski definition) is 3. The average Bonchev–Trinajstić information content (AvgIpc) is 2.00. The van der Waals surface area contributed by atoms with Crippen molar-refractivity contribution in [3.63, 3.8) is 0 Å². The summed E-state index contributed by atoms with van der Waals surface area (Å²) < 4.78 is 0. The van der Waals surface area contributed by atoms with Gasteiger partial charge in [-0.05, 0) is 19.4 Å². The van der Waals surface area contributed by atoms with Crippen LogP contribution in [0.5, 0.6) is 0 Å². The molecule has 0 aliphatic carbocycles. The fourth-order valence-electron chi connectivity index (χ4n) is 0.936. The molecule has 1 atom stereocenters. The van der Waals surface area contributed by atoms with Crippen molar-refractivity contribution in [2.75, 3.05) is 7.05 Å². The van der Waals surface area contributed by atoms with E-state index in [1.165, 1.54) is 6.08 Å². The molecule has 0 radical (unpaired) electrons. The molecule has 0 spiro atoms. The molecule has 1 N–H and O–H groups in total. The summed E-state index contributed by atoms with van der Waals surface area (Å²) in [5.41, 5.74) is 0. The zero-order chi connectivity index (χ0) is 9.56. The van der Waals surface area contributed by atoms with Crippen molar-refractivity contribution >= 4 is 12.0 Å². The van der Waals surface area contributed by atoms with Crippen molar-refractivity contribution in [1.82, 2.24) is 5.32 Å². The molecule has 0 aromatic carbocycles. The molecule has 0 rings (SSSR count). The van der Waals surface area contributed by atoms with Crippen LogP contribution in [0.25, 0.3) is 0 Å². The van der Waals surface area contributed by atoms with Crippen LogP contribution >= 0.6 is 0 Å². The van der Waals surface area contributed by atoms with E-state index in [0.29, 0.717) is 12.3 Å². The van der Waals surface area contributed by atoms with Gasteiger partial charge in [-0.1, -0.05) is 13.8 Å². The number of hydrogen-bond donors (Lipinski definition) is 1. The van der Waals surface area contributed by atoms with Crippen molar-refractivity contribution in [2.24, 2.45) is 10.9 Å². The van der Waals surface area contributed by atoms with E-state index in [-0.39, 0.29) is 6.04 Å². The Morgan fingerprint density at radius 1 is 1.58 bits per heavy atom. The van der Waals surface area contributed by atoms with Gasteiger partial charge in [0.05, 0.1) is 6.04 Å². The number of carbonyl (C=O) groups excluding carboxylic acids is 2. The molecule has 0 aromatic heterocycles. The van der Waals surface area contributed by atoms with Gasteiger partial charge < -0.3 is 5.32 Å². The third kappa shape index (κ3) is 4.01. The number of likely N-dealkylation sites (N-methyl/N-ethyl adjacent to an activating group) is 1. The van der Waals surface area contributed by atoms with Crippen molar-refractivity contribution in [2.45, 2.75) is 26.3 Å². The first-order valence-corrected chi connectivity index (χ1v) is 3.90. The Labute approximate surface area is 72.1 Å². The summed E-state index contributed by atoms with van der Waals surface area (Å²) >= 11 is 0. The van der Waals surface area contributed by atoms with Crippen molar-refractivity contribution in [3.05, 3.63) is 0 Å². The van der Waals surface area contributed by atoms with Gasteiger partial charge in [0.2, 0.25) is 6.08 Å². The van der Waals surface area contributed by atoms with E-state index in [9.17, 15) is 9.59 Å². The lowest BCUT2D eigenvalue weighted by Gasteiger charge is -2.13. The van der Waals surface area contributed by atoms with Crippen LogP contribution < -0.4 is 5.32 Å². The van der Waals surface area contributed by atoms with Crippen LogP contribution in [0.1, 0.15) is 20.3 Å². The summed E-state index contributed by atoms with van der Waals surface area (Å²) in [6.45, 7) is 4.00. The van der Waals surface area contributed by atoms with Gasteiger partial charge in [-0.25, -0.2) is 4.79 Å². The van der Waals surface area contributed by atoms with Gasteiger partial charge in [0.15, 0.2) is 0 Å². The van der Waals surface area contributed by atoms with Crippen molar-refractivity contribution < 1.29 is 9.59 Å². The Hall–Kier alpha value is -0.990. The number of nitrogens with one attached hydrogen (secondary N) is 1. The summed E-state index contributed by atoms with van der Waals surface area (Å²) in [6, 6.07) is -0.355. The Morgan fingerprint density at radius 2 is 2.17 bits per heavy atom. The van der Waals surface area contributed by atoms with Crippen molar-refractivity contribution in [1.29, 1.82) is 0 Å². The Bertz CT molecular complexity index is 195. The van der Waals surface area contributed by atoms with E-state index < -0.39 is 5.91 Å². The minimum Gasteiger partial charge on any atom is -0.309 e. The Kier molecular flexibility index (Phi) is 5.17. The molecule has 0 fully saturated rings. The molecule has 68 valence electrons. The van der Waals surface area contributed by atoms with Crippen LogP contribution in [0, 0.1) is 5.92 Å². The first-order chi connectivity index (χ1) is 5.61. The molecular formula is C8H14N2O2. The largest absolute Gasteiger partial charge is 0.309 e. The van der Waals surface area contributed by atoms with Crippen LogP contribution in [-0.2, 0) is 9.59 Å². The third-order valence-corrected chi connectivity index (χ3v) is 1.51.